The van der Waals surface area contributed by atoms with Crippen LogP contribution in [-0.2, 0) is 0 Å². The van der Waals surface area contributed by atoms with E-state index in [1.807, 2.05) is 27.7 Å². The second kappa shape index (κ2) is 7.22. The maximum Gasteiger partial charge on any atom is 0.391 e. The Morgan fingerprint density at radius 1 is 0.923 bits per heavy atom. The van der Waals surface area contributed by atoms with Crippen molar-refractivity contribution in [3.63, 3.8) is 0 Å². The van der Waals surface area contributed by atoms with E-state index >= 15 is 0 Å². The molecular weight excluding hydrogens is 177 g/mol. The van der Waals surface area contributed by atoms with Gasteiger partial charge in [-0.1, -0.05) is 41.0 Å². The van der Waals surface area contributed by atoms with E-state index in [0.717, 1.165) is 0 Å². The van der Waals surface area contributed by atoms with Crippen molar-refractivity contribution in [2.75, 3.05) is 0 Å². The Kier molecular flexibility index (Phi) is 8.48. The molecule has 1 unspecified atom stereocenters. The summed E-state index contributed by atoms with van der Waals surface area (Å²) in [6.45, 7) is 9.11. The topological polar surface area (TPSA) is 0 Å². The van der Waals surface area contributed by atoms with E-state index in [1.54, 1.807) is 0 Å². The summed E-state index contributed by atoms with van der Waals surface area (Å²) in [6, 6.07) is 0. The van der Waals surface area contributed by atoms with Crippen LogP contribution in [0.25, 0.3) is 0 Å². The standard InChI is InChI=1S/C8H15F3.C2H6/c1-6(2)4-5-7(3)8(9,10)11;1-2/h6-7H,4-5H2,1-3H3;1-2H3. The lowest BCUT2D eigenvalue weighted by Crippen LogP contribution is -2.19. The first-order valence-corrected chi connectivity index (χ1v) is 4.90. The molecule has 0 aliphatic rings. The van der Waals surface area contributed by atoms with Gasteiger partial charge >= 0.3 is 6.18 Å². The predicted molar refractivity (Wildman–Crippen MR) is 50.6 cm³/mol. The highest BCUT2D eigenvalue weighted by Gasteiger charge is 2.35. The first-order chi connectivity index (χ1) is 5.84. The molecule has 0 nitrogen and oxygen atoms in total. The van der Waals surface area contributed by atoms with E-state index < -0.39 is 12.1 Å². The smallest absolute Gasteiger partial charge is 0.171 e. The van der Waals surface area contributed by atoms with Crippen molar-refractivity contribution >= 4 is 0 Å². The van der Waals surface area contributed by atoms with E-state index in [2.05, 4.69) is 0 Å². The Labute approximate surface area is 79.5 Å². The molecule has 0 aliphatic heterocycles. The Balaban J connectivity index is 0. The van der Waals surface area contributed by atoms with Gasteiger partial charge in [-0.05, 0) is 12.3 Å². The molecule has 0 rings (SSSR count). The first kappa shape index (κ1) is 15.3. The zero-order valence-electron chi connectivity index (χ0n) is 9.20. The zero-order valence-corrected chi connectivity index (χ0v) is 9.20. The van der Waals surface area contributed by atoms with Gasteiger partial charge in [-0.2, -0.15) is 13.2 Å². The average molecular weight is 198 g/mol. The number of alkyl halides is 3. The zero-order chi connectivity index (χ0) is 11.1. The molecule has 0 saturated carbocycles. The molecule has 13 heavy (non-hydrogen) atoms. The molecule has 0 aromatic heterocycles. The molecule has 0 aliphatic carbocycles. The predicted octanol–water partition coefficient (Wildman–Crippen LogP) is 4.65. The third-order valence-corrected chi connectivity index (χ3v) is 1.74. The van der Waals surface area contributed by atoms with Crippen molar-refractivity contribution in [2.45, 2.75) is 53.6 Å². The summed E-state index contributed by atoms with van der Waals surface area (Å²) < 4.78 is 35.7. The van der Waals surface area contributed by atoms with Gasteiger partial charge in [0.15, 0.2) is 0 Å². The number of hydrogen-bond acceptors (Lipinski definition) is 0. The van der Waals surface area contributed by atoms with Crippen molar-refractivity contribution in [3.05, 3.63) is 0 Å². The molecular formula is C10H21F3. The fraction of sp³-hybridized carbons (Fsp3) is 1.00. The fourth-order valence-corrected chi connectivity index (χ4v) is 0.747. The van der Waals surface area contributed by atoms with Gasteiger partial charge < -0.3 is 0 Å². The second-order valence-electron chi connectivity index (χ2n) is 3.41. The summed E-state index contributed by atoms with van der Waals surface area (Å²) in [4.78, 5) is 0. The van der Waals surface area contributed by atoms with Crippen LogP contribution in [0, 0.1) is 11.8 Å². The fourth-order valence-electron chi connectivity index (χ4n) is 0.747. The maximum atomic E-state index is 11.9. The number of halogens is 3. The monoisotopic (exact) mass is 198 g/mol. The van der Waals surface area contributed by atoms with Gasteiger partial charge in [-0.3, -0.25) is 0 Å². The van der Waals surface area contributed by atoms with Gasteiger partial charge in [0.25, 0.3) is 0 Å². The molecule has 0 aromatic rings. The van der Waals surface area contributed by atoms with E-state index in [1.165, 1.54) is 6.92 Å². The van der Waals surface area contributed by atoms with Crippen LogP contribution in [-0.4, -0.2) is 6.18 Å². The molecule has 3 heteroatoms. The average Bonchev–Trinajstić information content (AvgIpc) is 2.02. The van der Waals surface area contributed by atoms with Crippen molar-refractivity contribution in [1.29, 1.82) is 0 Å². The van der Waals surface area contributed by atoms with Crippen LogP contribution >= 0.6 is 0 Å². The first-order valence-electron chi connectivity index (χ1n) is 4.90. The van der Waals surface area contributed by atoms with E-state index in [9.17, 15) is 13.2 Å². The van der Waals surface area contributed by atoms with Crippen LogP contribution in [0.1, 0.15) is 47.5 Å². The third-order valence-electron chi connectivity index (χ3n) is 1.74. The normalized spacial score (nSPS) is 13.6. The Bertz CT molecular complexity index is 105. The van der Waals surface area contributed by atoms with Crippen LogP contribution in [0.2, 0.25) is 0 Å². The minimum absolute atomic E-state index is 0.251. The van der Waals surface area contributed by atoms with Crippen molar-refractivity contribution in [3.8, 4) is 0 Å². The summed E-state index contributed by atoms with van der Waals surface area (Å²) in [6.07, 6.45) is -3.10. The highest BCUT2D eigenvalue weighted by molar-refractivity contribution is 4.62. The number of hydrogen-bond donors (Lipinski definition) is 0. The lowest BCUT2D eigenvalue weighted by Gasteiger charge is -2.15. The minimum atomic E-state index is -4.01. The van der Waals surface area contributed by atoms with E-state index in [-0.39, 0.29) is 6.42 Å². The summed E-state index contributed by atoms with van der Waals surface area (Å²) in [5, 5.41) is 0. The molecule has 0 N–H and O–H groups in total. The Hall–Kier alpha value is -0.210. The quantitative estimate of drug-likeness (QED) is 0.619. The van der Waals surface area contributed by atoms with Gasteiger partial charge in [0.1, 0.15) is 0 Å². The summed E-state index contributed by atoms with van der Waals surface area (Å²) in [7, 11) is 0. The maximum absolute atomic E-state index is 11.9. The highest BCUT2D eigenvalue weighted by atomic mass is 19.4. The van der Waals surface area contributed by atoms with Crippen LogP contribution < -0.4 is 0 Å². The molecule has 0 saturated heterocycles. The van der Waals surface area contributed by atoms with Crippen LogP contribution in [0.15, 0.2) is 0 Å². The Morgan fingerprint density at radius 3 is 1.54 bits per heavy atom. The van der Waals surface area contributed by atoms with Gasteiger partial charge in [0, 0.05) is 0 Å². The van der Waals surface area contributed by atoms with Crippen LogP contribution in [0.4, 0.5) is 13.2 Å². The second-order valence-corrected chi connectivity index (χ2v) is 3.41. The van der Waals surface area contributed by atoms with Crippen LogP contribution in [0.3, 0.4) is 0 Å². The van der Waals surface area contributed by atoms with E-state index in [4.69, 9.17) is 0 Å². The lowest BCUT2D eigenvalue weighted by molar-refractivity contribution is -0.171. The Morgan fingerprint density at radius 2 is 1.31 bits per heavy atom. The lowest BCUT2D eigenvalue weighted by atomic mass is 9.99. The SMILES string of the molecule is CC.CC(C)CCC(C)C(F)(F)F. The van der Waals surface area contributed by atoms with Crippen molar-refractivity contribution in [1.82, 2.24) is 0 Å². The summed E-state index contributed by atoms with van der Waals surface area (Å²) in [5.41, 5.74) is 0. The molecule has 0 bridgehead atoms. The molecule has 0 radical (unpaired) electrons. The molecule has 0 fully saturated rings. The molecule has 0 amide bonds. The molecule has 0 aromatic carbocycles. The minimum Gasteiger partial charge on any atom is -0.171 e. The van der Waals surface area contributed by atoms with E-state index in [0.29, 0.717) is 12.3 Å². The third kappa shape index (κ3) is 9.71. The van der Waals surface area contributed by atoms with Gasteiger partial charge in [0.05, 0.1) is 5.92 Å². The molecule has 0 heterocycles. The van der Waals surface area contributed by atoms with Crippen molar-refractivity contribution in [2.24, 2.45) is 11.8 Å². The molecule has 1 atom stereocenters. The summed E-state index contributed by atoms with van der Waals surface area (Å²) in [5.74, 6) is -0.787. The highest BCUT2D eigenvalue weighted by Crippen LogP contribution is 2.29. The van der Waals surface area contributed by atoms with Crippen LogP contribution in [0.5, 0.6) is 0 Å². The largest absolute Gasteiger partial charge is 0.391 e. The summed E-state index contributed by atoms with van der Waals surface area (Å²) >= 11 is 0. The molecule has 0 spiro atoms. The van der Waals surface area contributed by atoms with Crippen molar-refractivity contribution < 1.29 is 13.2 Å². The molecule has 82 valence electrons. The van der Waals surface area contributed by atoms with Gasteiger partial charge in [-0.25, -0.2) is 0 Å². The van der Waals surface area contributed by atoms with Gasteiger partial charge in [-0.15, -0.1) is 0 Å². The number of rotatable bonds is 3. The van der Waals surface area contributed by atoms with Gasteiger partial charge in [0.2, 0.25) is 0 Å².